The Hall–Kier alpha value is -0.610. The lowest BCUT2D eigenvalue weighted by molar-refractivity contribution is -0.105. The van der Waals surface area contributed by atoms with Gasteiger partial charge in [-0.25, -0.2) is 4.39 Å². The van der Waals surface area contributed by atoms with Gasteiger partial charge < -0.3 is 5.32 Å². The summed E-state index contributed by atoms with van der Waals surface area (Å²) >= 11 is 8.62. The number of carbonyl (C=O) groups is 1. The standard InChI is InChI=1S/C7H4BrClFNO/c8-4-1-5(9)7(11-3-12)2-6(4)10/h1-3H,(H,11,12). The van der Waals surface area contributed by atoms with Gasteiger partial charge in [0.05, 0.1) is 15.2 Å². The number of hydrogen-bond acceptors (Lipinski definition) is 1. The molecule has 1 aromatic carbocycles. The van der Waals surface area contributed by atoms with E-state index in [4.69, 9.17) is 11.6 Å². The molecule has 0 aliphatic heterocycles. The lowest BCUT2D eigenvalue weighted by Gasteiger charge is -2.02. The van der Waals surface area contributed by atoms with Crippen molar-refractivity contribution < 1.29 is 9.18 Å². The molecule has 1 amide bonds. The minimum Gasteiger partial charge on any atom is -0.327 e. The van der Waals surface area contributed by atoms with Crippen LogP contribution in [0.5, 0.6) is 0 Å². The molecule has 0 atom stereocenters. The van der Waals surface area contributed by atoms with Gasteiger partial charge in [0.15, 0.2) is 0 Å². The van der Waals surface area contributed by atoms with E-state index in [1.54, 1.807) is 0 Å². The molecular formula is C7H4BrClFNO. The number of amides is 1. The van der Waals surface area contributed by atoms with Crippen molar-refractivity contribution in [1.29, 1.82) is 0 Å². The third-order valence-corrected chi connectivity index (χ3v) is 2.14. The molecule has 0 saturated carbocycles. The number of rotatable bonds is 2. The third kappa shape index (κ3) is 1.95. The first-order chi connectivity index (χ1) is 5.65. The monoisotopic (exact) mass is 251 g/mol. The lowest BCUT2D eigenvalue weighted by atomic mass is 10.3. The molecule has 0 unspecified atom stereocenters. The minimum atomic E-state index is -0.469. The summed E-state index contributed by atoms with van der Waals surface area (Å²) in [5.74, 6) is -0.469. The van der Waals surface area contributed by atoms with Crippen molar-refractivity contribution in [2.45, 2.75) is 0 Å². The maximum absolute atomic E-state index is 12.8. The highest BCUT2D eigenvalue weighted by Crippen LogP contribution is 2.27. The van der Waals surface area contributed by atoms with Crippen LogP contribution in [0.2, 0.25) is 5.02 Å². The number of hydrogen-bond donors (Lipinski definition) is 1. The second-order valence-corrected chi connectivity index (χ2v) is 3.27. The van der Waals surface area contributed by atoms with Gasteiger partial charge in [-0.1, -0.05) is 11.6 Å². The van der Waals surface area contributed by atoms with Crippen LogP contribution in [0.25, 0.3) is 0 Å². The highest BCUT2D eigenvalue weighted by atomic mass is 79.9. The highest BCUT2D eigenvalue weighted by molar-refractivity contribution is 9.10. The Morgan fingerprint density at radius 3 is 2.83 bits per heavy atom. The van der Waals surface area contributed by atoms with Gasteiger partial charge in [-0.15, -0.1) is 0 Å². The van der Waals surface area contributed by atoms with Crippen LogP contribution in [-0.4, -0.2) is 6.41 Å². The Morgan fingerprint density at radius 2 is 2.25 bits per heavy atom. The molecule has 12 heavy (non-hydrogen) atoms. The van der Waals surface area contributed by atoms with E-state index >= 15 is 0 Å². The Labute approximate surface area is 81.8 Å². The van der Waals surface area contributed by atoms with Crippen molar-refractivity contribution in [2.75, 3.05) is 5.32 Å². The zero-order valence-electron chi connectivity index (χ0n) is 5.77. The van der Waals surface area contributed by atoms with Gasteiger partial charge in [-0.2, -0.15) is 0 Å². The fourth-order valence-corrected chi connectivity index (χ4v) is 1.39. The van der Waals surface area contributed by atoms with E-state index in [0.717, 1.165) is 6.07 Å². The van der Waals surface area contributed by atoms with E-state index in [1.165, 1.54) is 6.07 Å². The molecular weight excluding hydrogens is 248 g/mol. The maximum atomic E-state index is 12.8. The Bertz CT molecular complexity index is 319. The number of nitrogens with one attached hydrogen (secondary N) is 1. The molecule has 1 rings (SSSR count). The van der Waals surface area contributed by atoms with Gasteiger partial charge in [0.25, 0.3) is 0 Å². The van der Waals surface area contributed by atoms with E-state index in [-0.39, 0.29) is 15.2 Å². The highest BCUT2D eigenvalue weighted by Gasteiger charge is 2.05. The third-order valence-electron chi connectivity index (χ3n) is 1.22. The summed E-state index contributed by atoms with van der Waals surface area (Å²) in [7, 11) is 0. The van der Waals surface area contributed by atoms with Crippen molar-refractivity contribution in [3.63, 3.8) is 0 Å². The van der Waals surface area contributed by atoms with Crippen LogP contribution in [0.1, 0.15) is 0 Å². The number of anilines is 1. The molecule has 0 aliphatic carbocycles. The van der Waals surface area contributed by atoms with Gasteiger partial charge in [0, 0.05) is 6.07 Å². The average molecular weight is 252 g/mol. The molecule has 0 heterocycles. The smallest absolute Gasteiger partial charge is 0.211 e. The summed E-state index contributed by atoms with van der Waals surface area (Å²) in [5, 5.41) is 2.56. The second-order valence-electron chi connectivity index (χ2n) is 2.01. The second kappa shape index (κ2) is 3.87. The van der Waals surface area contributed by atoms with Crippen molar-refractivity contribution in [3.8, 4) is 0 Å². The normalized spacial score (nSPS) is 9.58. The Balaban J connectivity index is 3.13. The van der Waals surface area contributed by atoms with Crippen LogP contribution >= 0.6 is 27.5 Å². The minimum absolute atomic E-state index is 0.257. The van der Waals surface area contributed by atoms with Gasteiger partial charge >= 0.3 is 0 Å². The quantitative estimate of drug-likeness (QED) is 0.636. The molecule has 0 aromatic heterocycles. The SMILES string of the molecule is O=CNc1cc(F)c(Br)cc1Cl. The molecule has 2 nitrogen and oxygen atoms in total. The zero-order chi connectivity index (χ0) is 9.14. The summed E-state index contributed by atoms with van der Waals surface area (Å²) in [6.45, 7) is 0. The van der Waals surface area contributed by atoms with Crippen LogP contribution in [0.3, 0.4) is 0 Å². The summed E-state index contributed by atoms with van der Waals surface area (Å²) in [4.78, 5) is 10.0. The molecule has 5 heteroatoms. The van der Waals surface area contributed by atoms with E-state index in [1.807, 2.05) is 0 Å². The van der Waals surface area contributed by atoms with E-state index < -0.39 is 5.82 Å². The van der Waals surface area contributed by atoms with Crippen LogP contribution < -0.4 is 5.32 Å². The summed E-state index contributed by atoms with van der Waals surface area (Å²) < 4.78 is 13.1. The Morgan fingerprint density at radius 1 is 1.58 bits per heavy atom. The number of halogens is 3. The summed E-state index contributed by atoms with van der Waals surface area (Å²) in [6, 6.07) is 2.52. The maximum Gasteiger partial charge on any atom is 0.211 e. The summed E-state index contributed by atoms with van der Waals surface area (Å²) in [5.41, 5.74) is 0.257. The largest absolute Gasteiger partial charge is 0.327 e. The van der Waals surface area contributed by atoms with Crippen LogP contribution in [-0.2, 0) is 4.79 Å². The number of benzene rings is 1. The molecule has 0 fully saturated rings. The van der Waals surface area contributed by atoms with Gasteiger partial charge in [-0.05, 0) is 22.0 Å². The molecule has 1 aromatic rings. The first-order valence-corrected chi connectivity index (χ1v) is 4.17. The number of carbonyl (C=O) groups excluding carboxylic acids is 1. The van der Waals surface area contributed by atoms with E-state index in [9.17, 15) is 9.18 Å². The molecule has 0 aliphatic rings. The average Bonchev–Trinajstić information content (AvgIpc) is 2.01. The lowest BCUT2D eigenvalue weighted by Crippen LogP contribution is -1.95. The predicted molar refractivity (Wildman–Crippen MR) is 48.8 cm³/mol. The first kappa shape index (κ1) is 9.48. The van der Waals surface area contributed by atoms with E-state index in [0.29, 0.717) is 6.41 Å². The topological polar surface area (TPSA) is 29.1 Å². The Kier molecular flexibility index (Phi) is 3.05. The predicted octanol–water partition coefficient (Wildman–Crippen LogP) is 2.81. The van der Waals surface area contributed by atoms with Crippen molar-refractivity contribution in [1.82, 2.24) is 0 Å². The molecule has 1 N–H and O–H groups in total. The van der Waals surface area contributed by atoms with Crippen LogP contribution in [0, 0.1) is 5.82 Å². The first-order valence-electron chi connectivity index (χ1n) is 3.00. The van der Waals surface area contributed by atoms with Crippen molar-refractivity contribution in [3.05, 3.63) is 27.4 Å². The van der Waals surface area contributed by atoms with Crippen LogP contribution in [0.15, 0.2) is 16.6 Å². The fraction of sp³-hybridized carbons (Fsp3) is 0. The van der Waals surface area contributed by atoms with Crippen molar-refractivity contribution in [2.24, 2.45) is 0 Å². The summed E-state index contributed by atoms with van der Waals surface area (Å²) in [6.07, 6.45) is 0.439. The molecule has 0 radical (unpaired) electrons. The molecule has 0 spiro atoms. The molecule has 0 bridgehead atoms. The van der Waals surface area contributed by atoms with Gasteiger partial charge in [-0.3, -0.25) is 4.79 Å². The zero-order valence-corrected chi connectivity index (χ0v) is 8.12. The molecule has 0 saturated heterocycles. The fourth-order valence-electron chi connectivity index (χ4n) is 0.697. The van der Waals surface area contributed by atoms with E-state index in [2.05, 4.69) is 21.2 Å². The van der Waals surface area contributed by atoms with Gasteiger partial charge in [0.1, 0.15) is 5.82 Å². The van der Waals surface area contributed by atoms with Crippen molar-refractivity contribution >= 4 is 39.6 Å². The van der Waals surface area contributed by atoms with Crippen LogP contribution in [0.4, 0.5) is 10.1 Å². The van der Waals surface area contributed by atoms with Gasteiger partial charge in [0.2, 0.25) is 6.41 Å². The molecule has 64 valence electrons.